The van der Waals surface area contributed by atoms with Crippen LogP contribution in [0, 0.1) is 5.82 Å². The van der Waals surface area contributed by atoms with E-state index in [1.54, 1.807) is 24.0 Å². The van der Waals surface area contributed by atoms with Crippen molar-refractivity contribution in [2.75, 3.05) is 20.3 Å². The van der Waals surface area contributed by atoms with Crippen LogP contribution in [0.5, 0.6) is 5.75 Å². The number of rotatable bonds is 8. The van der Waals surface area contributed by atoms with Gasteiger partial charge in [-0.2, -0.15) is 0 Å². The lowest BCUT2D eigenvalue weighted by Gasteiger charge is -2.20. The van der Waals surface area contributed by atoms with Crippen molar-refractivity contribution < 1.29 is 23.5 Å². The van der Waals surface area contributed by atoms with Gasteiger partial charge in [-0.1, -0.05) is 6.07 Å². The number of methoxy groups -OCH3 is 1. The maximum absolute atomic E-state index is 13.6. The highest BCUT2D eigenvalue weighted by atomic mass is 19.1. The Labute approximate surface area is 141 Å². The standard InChI is InChI=1S/C18H22FNO4/c1-3-24-18(22)10-11-20(14-6-7-14)17(21)9-5-13-4-8-16(23-2)15(19)12-13/h4-5,8-9,12,14H,3,6-7,10-11H2,1-2H3. The van der Waals surface area contributed by atoms with Crippen molar-refractivity contribution in [3.05, 3.63) is 35.7 Å². The van der Waals surface area contributed by atoms with E-state index in [0.717, 1.165) is 12.8 Å². The third-order valence-electron chi connectivity index (χ3n) is 3.73. The van der Waals surface area contributed by atoms with E-state index in [0.29, 0.717) is 18.7 Å². The molecule has 24 heavy (non-hydrogen) atoms. The van der Waals surface area contributed by atoms with E-state index >= 15 is 0 Å². The molecular weight excluding hydrogens is 313 g/mol. The highest BCUT2D eigenvalue weighted by Gasteiger charge is 2.31. The normalized spacial score (nSPS) is 13.8. The van der Waals surface area contributed by atoms with Gasteiger partial charge < -0.3 is 14.4 Å². The molecule has 0 radical (unpaired) electrons. The van der Waals surface area contributed by atoms with Crippen LogP contribution in [0.4, 0.5) is 4.39 Å². The predicted octanol–water partition coefficient (Wildman–Crippen LogP) is 2.79. The number of carbonyl (C=O) groups excluding carboxylic acids is 2. The molecule has 0 aromatic heterocycles. The van der Waals surface area contributed by atoms with Crippen LogP contribution >= 0.6 is 0 Å². The van der Waals surface area contributed by atoms with Crippen molar-refractivity contribution in [3.8, 4) is 5.75 Å². The zero-order valence-corrected chi connectivity index (χ0v) is 14.0. The Balaban J connectivity index is 1.97. The third-order valence-corrected chi connectivity index (χ3v) is 3.73. The van der Waals surface area contributed by atoms with E-state index in [9.17, 15) is 14.0 Å². The zero-order valence-electron chi connectivity index (χ0n) is 14.0. The van der Waals surface area contributed by atoms with Crippen LogP contribution in [-0.4, -0.2) is 43.1 Å². The third kappa shape index (κ3) is 5.08. The lowest BCUT2D eigenvalue weighted by atomic mass is 10.2. The Bertz CT molecular complexity index is 625. The van der Waals surface area contributed by atoms with Gasteiger partial charge in [0.1, 0.15) is 0 Å². The first-order valence-corrected chi connectivity index (χ1v) is 8.03. The number of hydrogen-bond acceptors (Lipinski definition) is 4. The van der Waals surface area contributed by atoms with Gasteiger partial charge in [-0.3, -0.25) is 9.59 Å². The minimum atomic E-state index is -0.478. The van der Waals surface area contributed by atoms with Crippen molar-refractivity contribution in [3.63, 3.8) is 0 Å². The van der Waals surface area contributed by atoms with Crippen LogP contribution in [0.25, 0.3) is 6.08 Å². The van der Waals surface area contributed by atoms with Crippen molar-refractivity contribution in [1.82, 2.24) is 4.90 Å². The van der Waals surface area contributed by atoms with Gasteiger partial charge in [0, 0.05) is 18.7 Å². The second-order valence-electron chi connectivity index (χ2n) is 5.55. The van der Waals surface area contributed by atoms with Crippen LogP contribution in [0.2, 0.25) is 0 Å². The van der Waals surface area contributed by atoms with Gasteiger partial charge in [-0.05, 0) is 43.5 Å². The van der Waals surface area contributed by atoms with Crippen LogP contribution in [-0.2, 0) is 14.3 Å². The van der Waals surface area contributed by atoms with E-state index < -0.39 is 5.82 Å². The average molecular weight is 335 g/mol. The van der Waals surface area contributed by atoms with E-state index in [4.69, 9.17) is 9.47 Å². The summed E-state index contributed by atoms with van der Waals surface area (Å²) in [4.78, 5) is 25.5. The summed E-state index contributed by atoms with van der Waals surface area (Å²) in [5.74, 6) is -0.809. The summed E-state index contributed by atoms with van der Waals surface area (Å²) >= 11 is 0. The molecule has 1 aromatic carbocycles. The van der Waals surface area contributed by atoms with Crippen molar-refractivity contribution in [2.24, 2.45) is 0 Å². The lowest BCUT2D eigenvalue weighted by molar-refractivity contribution is -0.143. The molecule has 1 aliphatic rings. The Morgan fingerprint density at radius 2 is 2.12 bits per heavy atom. The molecule has 1 aromatic rings. The van der Waals surface area contributed by atoms with Gasteiger partial charge in [-0.15, -0.1) is 0 Å². The minimum absolute atomic E-state index is 0.160. The minimum Gasteiger partial charge on any atom is -0.494 e. The summed E-state index contributed by atoms with van der Waals surface area (Å²) in [6.45, 7) is 2.42. The largest absolute Gasteiger partial charge is 0.494 e. The number of benzene rings is 1. The van der Waals surface area contributed by atoms with E-state index in [1.807, 2.05) is 0 Å². The zero-order chi connectivity index (χ0) is 17.5. The van der Waals surface area contributed by atoms with Crippen LogP contribution in [0.3, 0.4) is 0 Å². The fraction of sp³-hybridized carbons (Fsp3) is 0.444. The molecule has 0 unspecified atom stereocenters. The monoisotopic (exact) mass is 335 g/mol. The molecule has 5 nitrogen and oxygen atoms in total. The number of esters is 1. The molecule has 0 bridgehead atoms. The molecule has 0 atom stereocenters. The van der Waals surface area contributed by atoms with Gasteiger partial charge in [0.05, 0.1) is 20.1 Å². The Hall–Kier alpha value is -2.37. The second-order valence-corrected chi connectivity index (χ2v) is 5.55. The van der Waals surface area contributed by atoms with E-state index in [-0.39, 0.29) is 30.1 Å². The molecule has 0 aliphatic heterocycles. The smallest absolute Gasteiger partial charge is 0.307 e. The molecule has 1 amide bonds. The summed E-state index contributed by atoms with van der Waals surface area (Å²) in [5, 5.41) is 0. The molecule has 0 N–H and O–H groups in total. The van der Waals surface area contributed by atoms with E-state index in [1.165, 1.54) is 25.3 Å². The molecule has 1 fully saturated rings. The Morgan fingerprint density at radius 3 is 2.71 bits per heavy atom. The fourth-order valence-corrected chi connectivity index (χ4v) is 2.35. The molecule has 1 aliphatic carbocycles. The summed E-state index contributed by atoms with van der Waals surface area (Å²) in [7, 11) is 1.40. The Morgan fingerprint density at radius 1 is 1.38 bits per heavy atom. The fourth-order valence-electron chi connectivity index (χ4n) is 2.35. The van der Waals surface area contributed by atoms with Gasteiger partial charge in [0.2, 0.25) is 5.91 Å². The molecule has 6 heteroatoms. The molecule has 0 spiro atoms. The molecule has 1 saturated carbocycles. The first kappa shape index (κ1) is 18.0. The SMILES string of the molecule is CCOC(=O)CCN(C(=O)C=Cc1ccc(OC)c(F)c1)C1CC1. The highest BCUT2D eigenvalue weighted by Crippen LogP contribution is 2.27. The summed E-state index contributed by atoms with van der Waals surface area (Å²) in [6, 6.07) is 4.68. The summed E-state index contributed by atoms with van der Waals surface area (Å²) < 4.78 is 23.4. The van der Waals surface area contributed by atoms with E-state index in [2.05, 4.69) is 0 Å². The second kappa shape index (κ2) is 8.47. The lowest BCUT2D eigenvalue weighted by Crippen LogP contribution is -2.33. The maximum atomic E-state index is 13.6. The number of ether oxygens (including phenoxy) is 2. The molecule has 2 rings (SSSR count). The average Bonchev–Trinajstić information content (AvgIpc) is 3.38. The van der Waals surface area contributed by atoms with Crippen LogP contribution in [0.15, 0.2) is 24.3 Å². The van der Waals surface area contributed by atoms with Crippen molar-refractivity contribution in [2.45, 2.75) is 32.2 Å². The van der Waals surface area contributed by atoms with Crippen LogP contribution < -0.4 is 4.74 Å². The topological polar surface area (TPSA) is 55.8 Å². The van der Waals surface area contributed by atoms with Gasteiger partial charge in [0.15, 0.2) is 11.6 Å². The number of amides is 1. The first-order chi connectivity index (χ1) is 11.5. The van der Waals surface area contributed by atoms with Gasteiger partial charge in [0.25, 0.3) is 0 Å². The maximum Gasteiger partial charge on any atom is 0.307 e. The molecule has 0 heterocycles. The predicted molar refractivity (Wildman–Crippen MR) is 88.0 cm³/mol. The summed E-state index contributed by atoms with van der Waals surface area (Å²) in [6.07, 6.45) is 5.04. The summed E-state index contributed by atoms with van der Waals surface area (Å²) in [5.41, 5.74) is 0.572. The first-order valence-electron chi connectivity index (χ1n) is 8.03. The molecule has 130 valence electrons. The highest BCUT2D eigenvalue weighted by molar-refractivity contribution is 5.92. The van der Waals surface area contributed by atoms with Crippen molar-refractivity contribution >= 4 is 18.0 Å². The number of carbonyl (C=O) groups is 2. The Kier molecular flexibility index (Phi) is 6.35. The molecular formula is C18H22FNO4. The van der Waals surface area contributed by atoms with Gasteiger partial charge in [-0.25, -0.2) is 4.39 Å². The number of halogens is 1. The quantitative estimate of drug-likeness (QED) is 0.541. The van der Waals surface area contributed by atoms with Gasteiger partial charge >= 0.3 is 5.97 Å². The molecule has 0 saturated heterocycles. The number of hydrogen-bond donors (Lipinski definition) is 0. The number of nitrogens with zero attached hydrogens (tertiary/aromatic N) is 1. The van der Waals surface area contributed by atoms with Crippen LogP contribution in [0.1, 0.15) is 31.7 Å². The van der Waals surface area contributed by atoms with Crippen molar-refractivity contribution in [1.29, 1.82) is 0 Å².